The van der Waals surface area contributed by atoms with E-state index in [1.54, 1.807) is 24.3 Å². The van der Waals surface area contributed by atoms with E-state index in [4.69, 9.17) is 21.0 Å². The summed E-state index contributed by atoms with van der Waals surface area (Å²) in [5.74, 6) is -1.34. The van der Waals surface area contributed by atoms with Gasteiger partial charge in [-0.3, -0.25) is 19.7 Å². The molecule has 3 heterocycles. The number of aliphatic imine (C=N–C) groups is 1. The number of piperazine rings is 1. The van der Waals surface area contributed by atoms with Crippen molar-refractivity contribution in [1.82, 2.24) is 14.8 Å². The molecule has 0 saturated carbocycles. The Hall–Kier alpha value is -3.72. The summed E-state index contributed by atoms with van der Waals surface area (Å²) < 4.78 is 5.17. The molecule has 0 bridgehead atoms. The minimum Gasteiger partial charge on any atom is -0.408 e. The predicted molar refractivity (Wildman–Crippen MR) is 145 cm³/mol. The van der Waals surface area contributed by atoms with Gasteiger partial charge in [0.25, 0.3) is 0 Å². The number of nitrogens with one attached hydrogen (secondary N) is 2. The van der Waals surface area contributed by atoms with Gasteiger partial charge in [-0.15, -0.1) is 0 Å². The molecule has 1 aromatic heterocycles. The van der Waals surface area contributed by atoms with E-state index in [2.05, 4.69) is 39.3 Å². The number of oxazole rings is 1. The molecule has 0 aliphatic carbocycles. The van der Waals surface area contributed by atoms with E-state index in [0.717, 1.165) is 44.0 Å². The highest BCUT2D eigenvalue weighted by Crippen LogP contribution is 2.38. The van der Waals surface area contributed by atoms with Crippen LogP contribution in [-0.4, -0.2) is 59.6 Å². The molecule has 6 rings (SSSR count). The maximum Gasteiger partial charge on any atom is 0.417 e. The average molecular weight is 516 g/mol. The summed E-state index contributed by atoms with van der Waals surface area (Å²) in [5, 5.41) is 3.48. The van der Waals surface area contributed by atoms with E-state index in [0.29, 0.717) is 33.1 Å². The Morgan fingerprint density at radius 2 is 1.81 bits per heavy atom. The molecule has 2 aliphatic rings. The number of aromatic nitrogens is 1. The van der Waals surface area contributed by atoms with Gasteiger partial charge in [0.1, 0.15) is 5.92 Å². The van der Waals surface area contributed by atoms with E-state index in [-0.39, 0.29) is 5.91 Å². The van der Waals surface area contributed by atoms with Crippen molar-refractivity contribution in [2.24, 2.45) is 4.99 Å². The van der Waals surface area contributed by atoms with E-state index in [1.807, 2.05) is 24.3 Å². The molecule has 0 spiro atoms. The molecule has 3 aromatic carbocycles. The number of anilines is 1. The molecule has 8 nitrogen and oxygen atoms in total. The summed E-state index contributed by atoms with van der Waals surface area (Å²) in [4.78, 5) is 37.4. The van der Waals surface area contributed by atoms with Gasteiger partial charge in [-0.2, -0.15) is 0 Å². The number of carbonyl (C=O) groups is 1. The van der Waals surface area contributed by atoms with Gasteiger partial charge in [-0.05, 0) is 66.2 Å². The Morgan fingerprint density at radius 3 is 2.59 bits per heavy atom. The quantitative estimate of drug-likeness (QED) is 0.385. The fraction of sp³-hybridized carbons (Fsp3) is 0.250. The predicted octanol–water partition coefficient (Wildman–Crippen LogP) is 4.38. The summed E-state index contributed by atoms with van der Waals surface area (Å²) >= 11 is 6.17. The first-order chi connectivity index (χ1) is 17.9. The highest BCUT2D eigenvalue weighted by molar-refractivity contribution is 6.31. The Bertz CT molecular complexity index is 1560. The molecule has 1 unspecified atom stereocenters. The molecule has 0 radical (unpaired) electrons. The lowest BCUT2D eigenvalue weighted by Crippen LogP contribution is -2.43. The van der Waals surface area contributed by atoms with Gasteiger partial charge in [0.15, 0.2) is 5.58 Å². The monoisotopic (exact) mass is 515 g/mol. The lowest BCUT2D eigenvalue weighted by atomic mass is 9.90. The second-order valence-corrected chi connectivity index (χ2v) is 10.1. The van der Waals surface area contributed by atoms with Crippen LogP contribution < -0.4 is 11.1 Å². The topological polar surface area (TPSA) is 93.9 Å². The van der Waals surface area contributed by atoms with Crippen LogP contribution in [0.3, 0.4) is 0 Å². The number of hydrogen-bond acceptors (Lipinski definition) is 6. The highest BCUT2D eigenvalue weighted by Gasteiger charge is 2.35. The van der Waals surface area contributed by atoms with Gasteiger partial charge < -0.3 is 14.6 Å². The second kappa shape index (κ2) is 9.63. The SMILES string of the molecule is CN1CCN(Cc2ccc(N=C(c3ccc4oc(=O)[nH]c4c3)C3C(=O)Nc4cc(Cl)ccc43)cc2)CC1. The van der Waals surface area contributed by atoms with Crippen molar-refractivity contribution in [3.8, 4) is 0 Å². The molecule has 37 heavy (non-hydrogen) atoms. The number of H-pyrrole nitrogens is 1. The number of nitrogens with zero attached hydrogens (tertiary/aromatic N) is 3. The summed E-state index contributed by atoms with van der Waals surface area (Å²) in [6.07, 6.45) is 0. The molecule has 2 aliphatic heterocycles. The number of hydrogen-bond donors (Lipinski definition) is 2. The summed E-state index contributed by atoms with van der Waals surface area (Å²) in [6, 6.07) is 18.9. The zero-order valence-electron chi connectivity index (χ0n) is 20.3. The number of aromatic amines is 1. The van der Waals surface area contributed by atoms with Gasteiger partial charge in [0.2, 0.25) is 5.91 Å². The van der Waals surface area contributed by atoms with Gasteiger partial charge in [-0.25, -0.2) is 4.79 Å². The second-order valence-electron chi connectivity index (χ2n) is 9.62. The number of halogens is 1. The fourth-order valence-corrected chi connectivity index (χ4v) is 5.16. The Labute approximate surface area is 218 Å². The van der Waals surface area contributed by atoms with Crippen molar-refractivity contribution in [3.05, 3.63) is 92.9 Å². The maximum absolute atomic E-state index is 13.2. The number of benzene rings is 3. The van der Waals surface area contributed by atoms with Crippen molar-refractivity contribution >= 4 is 45.7 Å². The van der Waals surface area contributed by atoms with E-state index in [9.17, 15) is 9.59 Å². The Morgan fingerprint density at radius 1 is 1.03 bits per heavy atom. The molecule has 1 fully saturated rings. The van der Waals surface area contributed by atoms with E-state index < -0.39 is 11.7 Å². The number of likely N-dealkylation sites (N-methyl/N-ethyl adjacent to an activating group) is 1. The van der Waals surface area contributed by atoms with Crippen molar-refractivity contribution < 1.29 is 9.21 Å². The normalized spacial score (nSPS) is 18.8. The zero-order chi connectivity index (χ0) is 25.5. The van der Waals surface area contributed by atoms with Gasteiger partial charge in [0.05, 0.1) is 16.9 Å². The summed E-state index contributed by atoms with van der Waals surface area (Å²) in [6.45, 7) is 5.16. The number of rotatable bonds is 5. The van der Waals surface area contributed by atoms with Crippen LogP contribution in [0.15, 0.2) is 74.9 Å². The van der Waals surface area contributed by atoms with Crippen molar-refractivity contribution in [1.29, 1.82) is 0 Å². The first-order valence-corrected chi connectivity index (χ1v) is 12.6. The first kappa shape index (κ1) is 23.7. The van der Waals surface area contributed by atoms with Crippen LogP contribution in [-0.2, 0) is 11.3 Å². The van der Waals surface area contributed by atoms with Crippen LogP contribution in [0.5, 0.6) is 0 Å². The number of carbonyl (C=O) groups excluding carboxylic acids is 1. The van der Waals surface area contributed by atoms with E-state index >= 15 is 0 Å². The Balaban J connectivity index is 1.37. The Kier molecular flexibility index (Phi) is 6.16. The number of fused-ring (bicyclic) bond motifs is 2. The third-order valence-electron chi connectivity index (χ3n) is 7.02. The molecular formula is C28H26ClN5O3. The maximum atomic E-state index is 13.2. The summed E-state index contributed by atoms with van der Waals surface area (Å²) in [5.41, 5.74) is 5.74. The van der Waals surface area contributed by atoms with Crippen LogP contribution in [0, 0.1) is 0 Å². The van der Waals surface area contributed by atoms with Crippen LogP contribution in [0.25, 0.3) is 11.1 Å². The molecular weight excluding hydrogens is 490 g/mol. The molecule has 1 amide bonds. The molecule has 4 aromatic rings. The minimum atomic E-state index is -0.631. The van der Waals surface area contributed by atoms with Gasteiger partial charge in [0, 0.05) is 43.4 Å². The lowest BCUT2D eigenvalue weighted by Gasteiger charge is -2.32. The molecule has 1 atom stereocenters. The molecule has 2 N–H and O–H groups in total. The summed E-state index contributed by atoms with van der Waals surface area (Å²) in [7, 11) is 2.15. The largest absolute Gasteiger partial charge is 0.417 e. The minimum absolute atomic E-state index is 0.177. The van der Waals surface area contributed by atoms with Crippen molar-refractivity contribution in [2.75, 3.05) is 38.5 Å². The number of amides is 1. The highest BCUT2D eigenvalue weighted by atomic mass is 35.5. The first-order valence-electron chi connectivity index (χ1n) is 12.2. The third-order valence-corrected chi connectivity index (χ3v) is 7.26. The van der Waals surface area contributed by atoms with Crippen molar-refractivity contribution in [3.63, 3.8) is 0 Å². The lowest BCUT2D eigenvalue weighted by molar-refractivity contribution is -0.115. The van der Waals surface area contributed by atoms with Gasteiger partial charge in [-0.1, -0.05) is 29.8 Å². The molecule has 188 valence electrons. The molecule has 1 saturated heterocycles. The fourth-order valence-electron chi connectivity index (χ4n) is 4.99. The molecule has 9 heteroatoms. The van der Waals surface area contributed by atoms with Crippen molar-refractivity contribution in [2.45, 2.75) is 12.5 Å². The van der Waals surface area contributed by atoms with Gasteiger partial charge >= 0.3 is 5.76 Å². The standard InChI is InChI=1S/C28H26ClN5O3/c1-33-10-12-34(13-11-33)16-17-2-6-20(7-3-17)30-26(18-4-9-24-23(14-18)32-28(36)37-24)25-21-8-5-19(29)15-22(21)31-27(25)35/h2-9,14-15,25H,10-13,16H2,1H3,(H,31,35)(H,32,36). The van der Waals surface area contributed by atoms with Crippen LogP contribution in [0.2, 0.25) is 5.02 Å². The van der Waals surface area contributed by atoms with Crippen LogP contribution in [0.1, 0.15) is 22.6 Å². The van der Waals surface area contributed by atoms with E-state index in [1.165, 1.54) is 5.56 Å². The van der Waals surface area contributed by atoms with Crippen LogP contribution >= 0.6 is 11.6 Å². The smallest absolute Gasteiger partial charge is 0.408 e. The average Bonchev–Trinajstić information content (AvgIpc) is 3.41. The third kappa shape index (κ3) is 4.83. The zero-order valence-corrected chi connectivity index (χ0v) is 21.1. The van der Waals surface area contributed by atoms with Crippen LogP contribution in [0.4, 0.5) is 11.4 Å².